The molecule has 0 spiro atoms. The molecule has 0 atom stereocenters. The fourth-order valence-electron chi connectivity index (χ4n) is 3.02. The van der Waals surface area contributed by atoms with Crippen LogP contribution in [0.4, 0.5) is 5.69 Å². The van der Waals surface area contributed by atoms with Crippen molar-refractivity contribution in [3.05, 3.63) is 52.0 Å². The van der Waals surface area contributed by atoms with E-state index in [4.69, 9.17) is 22.1 Å². The van der Waals surface area contributed by atoms with Gasteiger partial charge in [0.15, 0.2) is 9.84 Å². The highest BCUT2D eigenvalue weighted by Gasteiger charge is 2.28. The normalized spacial score (nSPS) is 13.7. The van der Waals surface area contributed by atoms with Crippen LogP contribution in [0.5, 0.6) is 5.75 Å². The Bertz CT molecular complexity index is 988. The van der Waals surface area contributed by atoms with Gasteiger partial charge in [-0.1, -0.05) is 11.6 Å². The second kappa shape index (κ2) is 7.05. The van der Waals surface area contributed by atoms with Crippen LogP contribution in [0.2, 0.25) is 5.02 Å². The van der Waals surface area contributed by atoms with E-state index in [1.54, 1.807) is 17.0 Å². The number of ether oxygens (including phenoxy) is 1. The average Bonchev–Trinajstić information content (AvgIpc) is 2.96. The third-order valence-corrected chi connectivity index (χ3v) is 5.74. The Hall–Kier alpha value is -2.25. The number of rotatable bonds is 4. The molecular formula is C19H21ClN2O4S. The number of halogens is 1. The van der Waals surface area contributed by atoms with Gasteiger partial charge in [0, 0.05) is 19.3 Å². The molecule has 2 aromatic carbocycles. The topological polar surface area (TPSA) is 89.7 Å². The summed E-state index contributed by atoms with van der Waals surface area (Å²) in [5, 5.41) is 0.450. The van der Waals surface area contributed by atoms with E-state index in [0.29, 0.717) is 29.5 Å². The van der Waals surface area contributed by atoms with Gasteiger partial charge in [0.2, 0.25) is 0 Å². The summed E-state index contributed by atoms with van der Waals surface area (Å²) in [6, 6.07) is 7.88. The molecule has 0 bridgehead atoms. The molecule has 1 aliphatic rings. The van der Waals surface area contributed by atoms with Crippen molar-refractivity contribution >= 4 is 33.0 Å². The number of hydrogen-bond acceptors (Lipinski definition) is 5. The molecule has 144 valence electrons. The lowest BCUT2D eigenvalue weighted by molar-refractivity contribution is 0.0745. The summed E-state index contributed by atoms with van der Waals surface area (Å²) in [5.41, 5.74) is 8.39. The molecule has 8 heteroatoms. The molecule has 1 aliphatic heterocycles. The maximum absolute atomic E-state index is 13.2. The number of hydrogen-bond donors (Lipinski definition) is 1. The molecule has 3 rings (SSSR count). The Labute approximate surface area is 163 Å². The molecule has 2 aromatic rings. The number of amides is 1. The van der Waals surface area contributed by atoms with Crippen molar-refractivity contribution in [2.45, 2.75) is 37.9 Å². The van der Waals surface area contributed by atoms with Crippen LogP contribution in [-0.4, -0.2) is 31.6 Å². The van der Waals surface area contributed by atoms with E-state index in [9.17, 15) is 13.2 Å². The maximum atomic E-state index is 13.2. The number of carbonyl (C=O) groups excluding carboxylic acids is 1. The van der Waals surface area contributed by atoms with E-state index in [1.165, 1.54) is 18.2 Å². The first-order valence-corrected chi connectivity index (χ1v) is 10.7. The summed E-state index contributed by atoms with van der Waals surface area (Å²) in [4.78, 5) is 14.8. The van der Waals surface area contributed by atoms with Crippen LogP contribution < -0.4 is 10.5 Å². The van der Waals surface area contributed by atoms with Gasteiger partial charge in [-0.2, -0.15) is 0 Å². The molecule has 6 nitrogen and oxygen atoms in total. The Morgan fingerprint density at radius 1 is 1.19 bits per heavy atom. The highest BCUT2D eigenvalue weighted by molar-refractivity contribution is 7.90. The molecule has 2 N–H and O–H groups in total. The van der Waals surface area contributed by atoms with Crippen LogP contribution in [0.15, 0.2) is 35.2 Å². The molecular weight excluding hydrogens is 388 g/mol. The zero-order valence-electron chi connectivity index (χ0n) is 15.3. The van der Waals surface area contributed by atoms with E-state index < -0.39 is 9.84 Å². The Kier molecular flexibility index (Phi) is 5.10. The Morgan fingerprint density at radius 3 is 2.41 bits per heavy atom. The quantitative estimate of drug-likeness (QED) is 0.784. The predicted molar refractivity (Wildman–Crippen MR) is 105 cm³/mol. The van der Waals surface area contributed by atoms with Gasteiger partial charge in [-0.15, -0.1) is 0 Å². The third kappa shape index (κ3) is 4.04. The predicted octanol–water partition coefficient (Wildman–Crippen LogP) is 3.27. The molecule has 0 saturated carbocycles. The van der Waals surface area contributed by atoms with Crippen LogP contribution in [0.3, 0.4) is 0 Å². The van der Waals surface area contributed by atoms with Crippen LogP contribution in [-0.2, 0) is 22.9 Å². The monoisotopic (exact) mass is 408 g/mol. The van der Waals surface area contributed by atoms with Crippen molar-refractivity contribution in [3.63, 3.8) is 0 Å². The van der Waals surface area contributed by atoms with Gasteiger partial charge >= 0.3 is 0 Å². The first-order valence-electron chi connectivity index (χ1n) is 8.43. The van der Waals surface area contributed by atoms with Crippen molar-refractivity contribution in [2.24, 2.45) is 0 Å². The summed E-state index contributed by atoms with van der Waals surface area (Å²) in [6.45, 7) is 4.43. The van der Waals surface area contributed by atoms with Crippen LogP contribution in [0.1, 0.15) is 35.3 Å². The molecule has 0 radical (unpaired) electrons. The zero-order valence-corrected chi connectivity index (χ0v) is 16.9. The largest absolute Gasteiger partial charge is 0.490 e. The highest BCUT2D eigenvalue weighted by atomic mass is 35.5. The van der Waals surface area contributed by atoms with Crippen LogP contribution in [0.25, 0.3) is 0 Å². The fourth-order valence-corrected chi connectivity index (χ4v) is 3.85. The van der Waals surface area contributed by atoms with E-state index >= 15 is 0 Å². The Balaban J connectivity index is 1.98. The van der Waals surface area contributed by atoms with Crippen molar-refractivity contribution in [1.29, 1.82) is 0 Å². The number of anilines is 1. The number of sulfone groups is 1. The third-order valence-electron chi connectivity index (χ3n) is 4.30. The number of nitrogens with two attached hydrogens (primary N) is 1. The number of carbonyl (C=O) groups is 1. The summed E-state index contributed by atoms with van der Waals surface area (Å²) in [5.74, 6) is 0.0537. The molecule has 0 saturated heterocycles. The van der Waals surface area contributed by atoms with Gasteiger partial charge in [-0.05, 0) is 55.3 Å². The van der Waals surface area contributed by atoms with Gasteiger partial charge in [0.05, 0.1) is 27.3 Å². The van der Waals surface area contributed by atoms with Crippen molar-refractivity contribution in [3.8, 4) is 5.75 Å². The summed E-state index contributed by atoms with van der Waals surface area (Å²) in [6.07, 6.45) is 0.950. The van der Waals surface area contributed by atoms with E-state index in [-0.39, 0.29) is 22.5 Å². The highest BCUT2D eigenvalue weighted by Crippen LogP contribution is 2.33. The molecule has 27 heavy (non-hydrogen) atoms. The van der Waals surface area contributed by atoms with Gasteiger partial charge in [0.1, 0.15) is 5.75 Å². The second-order valence-corrected chi connectivity index (χ2v) is 9.32. The smallest absolute Gasteiger partial charge is 0.258 e. The van der Waals surface area contributed by atoms with Gasteiger partial charge in [-0.25, -0.2) is 8.42 Å². The zero-order chi connectivity index (χ0) is 19.9. The van der Waals surface area contributed by atoms with Gasteiger partial charge < -0.3 is 15.4 Å². The maximum Gasteiger partial charge on any atom is 0.258 e. The SMILES string of the molecule is CC(C)Oc1ccc(S(C)(=O)=O)cc1C(=O)N1Cc2cc(N)c(Cl)cc2C1. The molecule has 1 heterocycles. The molecule has 0 aromatic heterocycles. The van der Waals surface area contributed by atoms with Crippen molar-refractivity contribution in [2.75, 3.05) is 12.0 Å². The molecule has 0 aliphatic carbocycles. The Morgan fingerprint density at radius 2 is 1.81 bits per heavy atom. The first-order chi connectivity index (χ1) is 12.6. The van der Waals surface area contributed by atoms with E-state index in [0.717, 1.165) is 17.4 Å². The summed E-state index contributed by atoms with van der Waals surface area (Å²) in [7, 11) is -3.45. The van der Waals surface area contributed by atoms with Gasteiger partial charge in [-0.3, -0.25) is 4.79 Å². The molecule has 1 amide bonds. The minimum Gasteiger partial charge on any atom is -0.490 e. The van der Waals surface area contributed by atoms with Crippen LogP contribution in [0, 0.1) is 0 Å². The number of fused-ring (bicyclic) bond motifs is 1. The lowest BCUT2D eigenvalue weighted by Crippen LogP contribution is -2.26. The number of benzene rings is 2. The molecule has 0 fully saturated rings. The standard InChI is InChI=1S/C19H21ClN2O4S/c1-11(2)26-18-5-4-14(27(3,24)25)8-15(18)19(23)22-9-12-6-16(20)17(21)7-13(12)10-22/h4-8,11H,9-10,21H2,1-3H3. The van der Waals surface area contributed by atoms with Crippen molar-refractivity contribution in [1.82, 2.24) is 4.90 Å². The fraction of sp³-hybridized carbons (Fsp3) is 0.316. The number of nitrogens with zero attached hydrogens (tertiary/aromatic N) is 1. The average molecular weight is 409 g/mol. The summed E-state index contributed by atoms with van der Waals surface area (Å²) >= 11 is 6.07. The van der Waals surface area contributed by atoms with Gasteiger partial charge in [0.25, 0.3) is 5.91 Å². The van der Waals surface area contributed by atoms with E-state index in [2.05, 4.69) is 0 Å². The minimum absolute atomic E-state index is 0.0750. The lowest BCUT2D eigenvalue weighted by atomic mass is 10.1. The molecule has 0 unspecified atom stereocenters. The van der Waals surface area contributed by atoms with Crippen LogP contribution >= 0.6 is 11.6 Å². The second-order valence-electron chi connectivity index (χ2n) is 6.90. The lowest BCUT2D eigenvalue weighted by Gasteiger charge is -2.20. The number of nitrogen functional groups attached to an aromatic ring is 1. The minimum atomic E-state index is -3.45. The first kappa shape index (κ1) is 19.5. The van der Waals surface area contributed by atoms with E-state index in [1.807, 2.05) is 13.8 Å². The van der Waals surface area contributed by atoms with Crippen molar-refractivity contribution < 1.29 is 17.9 Å². The summed E-state index contributed by atoms with van der Waals surface area (Å²) < 4.78 is 29.6.